The van der Waals surface area contributed by atoms with E-state index in [1.165, 1.54) is 23.5 Å². The predicted octanol–water partition coefficient (Wildman–Crippen LogP) is 2.24. The van der Waals surface area contributed by atoms with Crippen molar-refractivity contribution in [2.45, 2.75) is 37.8 Å². The molecule has 0 amide bonds. The van der Waals surface area contributed by atoms with Crippen LogP contribution in [0.25, 0.3) is 0 Å². The molecule has 7 heteroatoms. The van der Waals surface area contributed by atoms with E-state index in [9.17, 15) is 13.5 Å². The van der Waals surface area contributed by atoms with Crippen LogP contribution >= 0.6 is 11.3 Å². The number of aromatic nitrogens is 1. The highest BCUT2D eigenvalue weighted by atomic mass is 32.2. The standard InChI is InChI=1S/C14H18N2O3S2/c1-3-12-8-15-14(20-12)9-16-21(18,19)13-6-4-11(5-7-13)10(2)17/h4-8,10,16-17H,3,9H2,1-2H3. The average Bonchev–Trinajstić information content (AvgIpc) is 2.93. The predicted molar refractivity (Wildman–Crippen MR) is 82.6 cm³/mol. The summed E-state index contributed by atoms with van der Waals surface area (Å²) in [5, 5.41) is 10.2. The first-order chi connectivity index (χ1) is 9.92. The van der Waals surface area contributed by atoms with Gasteiger partial charge in [-0.05, 0) is 31.0 Å². The third-order valence-electron chi connectivity index (χ3n) is 3.04. The molecule has 0 spiro atoms. The highest BCUT2D eigenvalue weighted by Crippen LogP contribution is 2.17. The minimum Gasteiger partial charge on any atom is -0.389 e. The number of benzene rings is 1. The van der Waals surface area contributed by atoms with Crippen molar-refractivity contribution < 1.29 is 13.5 Å². The molecule has 0 fully saturated rings. The lowest BCUT2D eigenvalue weighted by molar-refractivity contribution is 0.199. The molecule has 5 nitrogen and oxygen atoms in total. The molecule has 1 aromatic heterocycles. The van der Waals surface area contributed by atoms with Crippen LogP contribution in [-0.2, 0) is 23.0 Å². The highest BCUT2D eigenvalue weighted by Gasteiger charge is 2.15. The van der Waals surface area contributed by atoms with Crippen LogP contribution in [0.4, 0.5) is 0 Å². The molecular weight excluding hydrogens is 308 g/mol. The number of hydrogen-bond acceptors (Lipinski definition) is 5. The minimum absolute atomic E-state index is 0.180. The summed E-state index contributed by atoms with van der Waals surface area (Å²) in [4.78, 5) is 5.49. The molecule has 0 saturated heterocycles. The summed E-state index contributed by atoms with van der Waals surface area (Å²) in [5.41, 5.74) is 0.682. The summed E-state index contributed by atoms with van der Waals surface area (Å²) < 4.78 is 26.9. The fourth-order valence-corrected chi connectivity index (χ4v) is 3.64. The normalized spacial score (nSPS) is 13.3. The topological polar surface area (TPSA) is 79.3 Å². The molecular formula is C14H18N2O3S2. The van der Waals surface area contributed by atoms with Gasteiger partial charge in [-0.25, -0.2) is 18.1 Å². The Hall–Kier alpha value is -1.28. The quantitative estimate of drug-likeness (QED) is 0.853. The fourth-order valence-electron chi connectivity index (χ4n) is 1.76. The van der Waals surface area contributed by atoms with Crippen molar-refractivity contribution >= 4 is 21.4 Å². The zero-order chi connectivity index (χ0) is 15.5. The molecule has 1 atom stereocenters. The number of aliphatic hydroxyl groups is 1. The molecule has 1 unspecified atom stereocenters. The van der Waals surface area contributed by atoms with Gasteiger partial charge in [-0.15, -0.1) is 11.3 Å². The van der Waals surface area contributed by atoms with E-state index in [2.05, 4.69) is 9.71 Å². The zero-order valence-electron chi connectivity index (χ0n) is 11.9. The Kier molecular flexibility index (Phi) is 5.10. The Labute approximate surface area is 128 Å². The van der Waals surface area contributed by atoms with Crippen molar-refractivity contribution in [2.75, 3.05) is 0 Å². The third-order valence-corrected chi connectivity index (χ3v) is 5.59. The van der Waals surface area contributed by atoms with Gasteiger partial charge in [0.2, 0.25) is 10.0 Å². The zero-order valence-corrected chi connectivity index (χ0v) is 13.5. The number of aliphatic hydroxyl groups excluding tert-OH is 1. The van der Waals surface area contributed by atoms with Crippen molar-refractivity contribution in [1.82, 2.24) is 9.71 Å². The van der Waals surface area contributed by atoms with E-state index in [-0.39, 0.29) is 11.4 Å². The van der Waals surface area contributed by atoms with E-state index in [0.717, 1.165) is 16.3 Å². The van der Waals surface area contributed by atoms with Crippen LogP contribution in [0.15, 0.2) is 35.4 Å². The Bertz CT molecular complexity index is 691. The summed E-state index contributed by atoms with van der Waals surface area (Å²) >= 11 is 1.50. The first-order valence-corrected chi connectivity index (χ1v) is 8.93. The molecule has 0 aliphatic rings. The molecule has 114 valence electrons. The molecule has 21 heavy (non-hydrogen) atoms. The molecule has 1 aromatic carbocycles. The second kappa shape index (κ2) is 6.65. The Morgan fingerprint density at radius 2 is 2.00 bits per heavy atom. The van der Waals surface area contributed by atoms with Crippen molar-refractivity contribution in [3.05, 3.63) is 45.9 Å². The maximum atomic E-state index is 12.2. The highest BCUT2D eigenvalue weighted by molar-refractivity contribution is 7.89. The van der Waals surface area contributed by atoms with Crippen molar-refractivity contribution in [1.29, 1.82) is 0 Å². The van der Waals surface area contributed by atoms with E-state index in [1.54, 1.807) is 25.3 Å². The Morgan fingerprint density at radius 1 is 1.33 bits per heavy atom. The number of hydrogen-bond donors (Lipinski definition) is 2. The van der Waals surface area contributed by atoms with Gasteiger partial charge in [-0.2, -0.15) is 0 Å². The molecule has 0 radical (unpaired) electrons. The van der Waals surface area contributed by atoms with E-state index in [4.69, 9.17) is 0 Å². The maximum absolute atomic E-state index is 12.2. The number of thiazole rings is 1. The second-order valence-electron chi connectivity index (χ2n) is 4.64. The number of nitrogens with zero attached hydrogens (tertiary/aromatic N) is 1. The monoisotopic (exact) mass is 326 g/mol. The van der Waals surface area contributed by atoms with E-state index < -0.39 is 16.1 Å². The Morgan fingerprint density at radius 3 is 2.52 bits per heavy atom. The molecule has 2 N–H and O–H groups in total. The summed E-state index contributed by atoms with van der Waals surface area (Å²) in [6, 6.07) is 6.20. The number of sulfonamides is 1. The fraction of sp³-hybridized carbons (Fsp3) is 0.357. The Balaban J connectivity index is 2.07. The molecule has 0 aliphatic heterocycles. The van der Waals surface area contributed by atoms with Crippen LogP contribution in [-0.4, -0.2) is 18.5 Å². The van der Waals surface area contributed by atoms with Crippen molar-refractivity contribution in [2.24, 2.45) is 0 Å². The van der Waals surface area contributed by atoms with Gasteiger partial charge in [-0.3, -0.25) is 0 Å². The van der Waals surface area contributed by atoms with Gasteiger partial charge in [0.1, 0.15) is 5.01 Å². The lowest BCUT2D eigenvalue weighted by atomic mass is 10.1. The van der Waals surface area contributed by atoms with Crippen LogP contribution in [0.5, 0.6) is 0 Å². The van der Waals surface area contributed by atoms with Gasteiger partial charge in [0.05, 0.1) is 17.5 Å². The van der Waals surface area contributed by atoms with E-state index >= 15 is 0 Å². The second-order valence-corrected chi connectivity index (χ2v) is 7.61. The van der Waals surface area contributed by atoms with Crippen LogP contribution in [0, 0.1) is 0 Å². The van der Waals surface area contributed by atoms with Crippen LogP contribution in [0.3, 0.4) is 0 Å². The van der Waals surface area contributed by atoms with Crippen LogP contribution in [0.2, 0.25) is 0 Å². The van der Waals surface area contributed by atoms with Gasteiger partial charge < -0.3 is 5.11 Å². The SMILES string of the molecule is CCc1cnc(CNS(=O)(=O)c2ccc(C(C)O)cc2)s1. The van der Waals surface area contributed by atoms with Gasteiger partial charge in [0, 0.05) is 11.1 Å². The molecule has 0 saturated carbocycles. The third kappa shape index (κ3) is 4.10. The molecule has 2 rings (SSSR count). The van der Waals surface area contributed by atoms with Gasteiger partial charge in [0.25, 0.3) is 0 Å². The van der Waals surface area contributed by atoms with E-state index in [0.29, 0.717) is 5.56 Å². The van der Waals surface area contributed by atoms with Crippen LogP contribution < -0.4 is 4.72 Å². The number of rotatable bonds is 6. The summed E-state index contributed by atoms with van der Waals surface area (Å²) in [7, 11) is -3.56. The van der Waals surface area contributed by atoms with Gasteiger partial charge in [0.15, 0.2) is 0 Å². The molecule has 2 aromatic rings. The van der Waals surface area contributed by atoms with E-state index in [1.807, 2.05) is 6.92 Å². The molecule has 0 aliphatic carbocycles. The first kappa shape index (κ1) is 16.1. The maximum Gasteiger partial charge on any atom is 0.240 e. The van der Waals surface area contributed by atoms with Crippen LogP contribution in [0.1, 0.15) is 35.4 Å². The summed E-state index contributed by atoms with van der Waals surface area (Å²) in [6.07, 6.45) is 2.05. The minimum atomic E-state index is -3.56. The summed E-state index contributed by atoms with van der Waals surface area (Å²) in [6.45, 7) is 3.85. The smallest absolute Gasteiger partial charge is 0.240 e. The first-order valence-electron chi connectivity index (χ1n) is 6.63. The molecule has 1 heterocycles. The van der Waals surface area contributed by atoms with Gasteiger partial charge >= 0.3 is 0 Å². The van der Waals surface area contributed by atoms with Crippen molar-refractivity contribution in [3.63, 3.8) is 0 Å². The van der Waals surface area contributed by atoms with Gasteiger partial charge in [-0.1, -0.05) is 19.1 Å². The largest absolute Gasteiger partial charge is 0.389 e. The molecule has 0 bridgehead atoms. The number of aryl methyl sites for hydroxylation is 1. The summed E-state index contributed by atoms with van der Waals surface area (Å²) in [5.74, 6) is 0. The van der Waals surface area contributed by atoms with Crippen molar-refractivity contribution in [3.8, 4) is 0 Å². The lowest BCUT2D eigenvalue weighted by Gasteiger charge is -2.08. The number of nitrogens with one attached hydrogen (secondary N) is 1. The average molecular weight is 326 g/mol. The lowest BCUT2D eigenvalue weighted by Crippen LogP contribution is -2.23.